The van der Waals surface area contributed by atoms with Gasteiger partial charge in [-0.1, -0.05) is 48.5 Å². The number of amides is 1. The Morgan fingerprint density at radius 3 is 2.26 bits per heavy atom. The standard InChI is InChI=1S/C22H21NO4/c1-26-20-13-11-19(12-14-20)23(15-18-9-5-6-10-21(18)24)22(25)27-16-17-7-3-2-4-8-17/h2-14,24H,15-16H2,1H3. The third kappa shape index (κ3) is 4.79. The summed E-state index contributed by atoms with van der Waals surface area (Å²) >= 11 is 0. The fourth-order valence-corrected chi connectivity index (χ4v) is 2.64. The first kappa shape index (κ1) is 18.3. The second-order valence-corrected chi connectivity index (χ2v) is 5.95. The van der Waals surface area contributed by atoms with Gasteiger partial charge in [0.15, 0.2) is 0 Å². The number of carbonyl (C=O) groups is 1. The first-order valence-corrected chi connectivity index (χ1v) is 8.56. The summed E-state index contributed by atoms with van der Waals surface area (Å²) in [6, 6.07) is 23.5. The molecule has 27 heavy (non-hydrogen) atoms. The van der Waals surface area contributed by atoms with Gasteiger partial charge in [-0.2, -0.15) is 0 Å². The van der Waals surface area contributed by atoms with Crippen LogP contribution in [0.3, 0.4) is 0 Å². The number of benzene rings is 3. The Morgan fingerprint density at radius 2 is 1.59 bits per heavy atom. The Bertz CT molecular complexity index is 878. The molecule has 0 aliphatic rings. The Morgan fingerprint density at radius 1 is 0.926 bits per heavy atom. The van der Waals surface area contributed by atoms with Crippen molar-refractivity contribution in [1.82, 2.24) is 0 Å². The third-order valence-corrected chi connectivity index (χ3v) is 4.13. The van der Waals surface area contributed by atoms with E-state index in [0.29, 0.717) is 17.0 Å². The van der Waals surface area contributed by atoms with Crippen LogP contribution in [0.25, 0.3) is 0 Å². The molecule has 3 aromatic carbocycles. The number of nitrogens with zero attached hydrogens (tertiary/aromatic N) is 1. The normalized spacial score (nSPS) is 10.3. The molecule has 1 N–H and O–H groups in total. The molecular weight excluding hydrogens is 342 g/mol. The largest absolute Gasteiger partial charge is 0.508 e. The predicted octanol–water partition coefficient (Wildman–Crippen LogP) is 4.74. The highest BCUT2D eigenvalue weighted by atomic mass is 16.6. The van der Waals surface area contributed by atoms with Gasteiger partial charge in [-0.05, 0) is 35.9 Å². The summed E-state index contributed by atoms with van der Waals surface area (Å²) in [5, 5.41) is 10.1. The van der Waals surface area contributed by atoms with Crippen LogP contribution in [0.4, 0.5) is 10.5 Å². The summed E-state index contributed by atoms with van der Waals surface area (Å²) < 4.78 is 10.7. The van der Waals surface area contributed by atoms with E-state index < -0.39 is 6.09 Å². The number of hydrogen-bond acceptors (Lipinski definition) is 4. The van der Waals surface area contributed by atoms with Gasteiger partial charge in [0.2, 0.25) is 0 Å². The monoisotopic (exact) mass is 363 g/mol. The number of anilines is 1. The highest BCUT2D eigenvalue weighted by Crippen LogP contribution is 2.25. The molecule has 0 atom stereocenters. The van der Waals surface area contributed by atoms with Crippen molar-refractivity contribution >= 4 is 11.8 Å². The molecular formula is C22H21NO4. The SMILES string of the molecule is COc1ccc(N(Cc2ccccc2O)C(=O)OCc2ccccc2)cc1. The van der Waals surface area contributed by atoms with Crippen LogP contribution in [-0.4, -0.2) is 18.3 Å². The molecule has 5 nitrogen and oxygen atoms in total. The molecule has 138 valence electrons. The number of aromatic hydroxyl groups is 1. The van der Waals surface area contributed by atoms with Crippen molar-refractivity contribution in [2.24, 2.45) is 0 Å². The number of ether oxygens (including phenoxy) is 2. The zero-order valence-electron chi connectivity index (χ0n) is 15.0. The van der Waals surface area contributed by atoms with Gasteiger partial charge in [0.05, 0.1) is 13.7 Å². The summed E-state index contributed by atoms with van der Waals surface area (Å²) in [7, 11) is 1.59. The molecule has 0 saturated heterocycles. The van der Waals surface area contributed by atoms with Gasteiger partial charge in [-0.3, -0.25) is 4.90 Å². The predicted molar refractivity (Wildman–Crippen MR) is 104 cm³/mol. The van der Waals surface area contributed by atoms with Crippen LogP contribution in [0, 0.1) is 0 Å². The van der Waals surface area contributed by atoms with Gasteiger partial charge >= 0.3 is 6.09 Å². The zero-order chi connectivity index (χ0) is 19.1. The van der Waals surface area contributed by atoms with Crippen molar-refractivity contribution in [2.75, 3.05) is 12.0 Å². The molecule has 0 radical (unpaired) electrons. The summed E-state index contributed by atoms with van der Waals surface area (Å²) in [5.41, 5.74) is 2.19. The lowest BCUT2D eigenvalue weighted by atomic mass is 10.1. The van der Waals surface area contributed by atoms with Crippen LogP contribution in [0.2, 0.25) is 0 Å². The first-order valence-electron chi connectivity index (χ1n) is 8.56. The number of rotatable bonds is 6. The van der Waals surface area contributed by atoms with Crippen LogP contribution >= 0.6 is 0 Å². The molecule has 0 heterocycles. The smallest absolute Gasteiger partial charge is 0.414 e. The van der Waals surface area contributed by atoms with Crippen molar-refractivity contribution in [1.29, 1.82) is 0 Å². The Balaban J connectivity index is 1.81. The van der Waals surface area contributed by atoms with Crippen LogP contribution in [0.15, 0.2) is 78.9 Å². The Kier molecular flexibility index (Phi) is 5.94. The van der Waals surface area contributed by atoms with E-state index in [0.717, 1.165) is 5.56 Å². The molecule has 0 aromatic heterocycles. The maximum absolute atomic E-state index is 12.8. The first-order chi connectivity index (χ1) is 13.2. The number of methoxy groups -OCH3 is 1. The number of carbonyl (C=O) groups excluding carboxylic acids is 1. The fraction of sp³-hybridized carbons (Fsp3) is 0.136. The minimum Gasteiger partial charge on any atom is -0.508 e. The minimum atomic E-state index is -0.493. The van der Waals surface area contributed by atoms with Crippen LogP contribution in [-0.2, 0) is 17.9 Å². The second kappa shape index (κ2) is 8.76. The van der Waals surface area contributed by atoms with E-state index in [1.807, 2.05) is 36.4 Å². The van der Waals surface area contributed by atoms with Crippen molar-refractivity contribution < 1.29 is 19.4 Å². The summed E-state index contributed by atoms with van der Waals surface area (Å²) in [6.45, 7) is 0.361. The number of phenols is 1. The van der Waals surface area contributed by atoms with Crippen LogP contribution < -0.4 is 9.64 Å². The zero-order valence-corrected chi connectivity index (χ0v) is 15.0. The number of phenolic OH excluding ortho intramolecular Hbond substituents is 1. The average molecular weight is 363 g/mol. The Labute approximate surface area is 158 Å². The highest BCUT2D eigenvalue weighted by molar-refractivity contribution is 5.87. The minimum absolute atomic E-state index is 0.131. The highest BCUT2D eigenvalue weighted by Gasteiger charge is 2.19. The lowest BCUT2D eigenvalue weighted by Gasteiger charge is -2.23. The van der Waals surface area contributed by atoms with Crippen molar-refractivity contribution in [3.63, 3.8) is 0 Å². The second-order valence-electron chi connectivity index (χ2n) is 5.95. The van der Waals surface area contributed by atoms with E-state index in [2.05, 4.69) is 0 Å². The maximum Gasteiger partial charge on any atom is 0.414 e. The van der Waals surface area contributed by atoms with Gasteiger partial charge in [-0.15, -0.1) is 0 Å². The Hall–Kier alpha value is -3.47. The summed E-state index contributed by atoms with van der Waals surface area (Å²) in [4.78, 5) is 14.3. The molecule has 3 aromatic rings. The quantitative estimate of drug-likeness (QED) is 0.687. The number of hydrogen-bond donors (Lipinski definition) is 1. The van der Waals surface area contributed by atoms with E-state index in [9.17, 15) is 9.90 Å². The van der Waals surface area contributed by atoms with Crippen molar-refractivity contribution in [2.45, 2.75) is 13.2 Å². The maximum atomic E-state index is 12.8. The van der Waals surface area contributed by atoms with Gasteiger partial charge in [0, 0.05) is 11.3 Å². The van der Waals surface area contributed by atoms with Gasteiger partial charge < -0.3 is 14.6 Å². The molecule has 0 aliphatic heterocycles. The molecule has 0 unspecified atom stereocenters. The third-order valence-electron chi connectivity index (χ3n) is 4.13. The summed E-state index contributed by atoms with van der Waals surface area (Å²) in [6.07, 6.45) is -0.493. The molecule has 0 spiro atoms. The van der Waals surface area contributed by atoms with E-state index in [-0.39, 0.29) is 18.9 Å². The van der Waals surface area contributed by atoms with Crippen LogP contribution in [0.1, 0.15) is 11.1 Å². The van der Waals surface area contributed by atoms with Gasteiger partial charge in [0.25, 0.3) is 0 Å². The molecule has 3 rings (SSSR count). The lowest BCUT2D eigenvalue weighted by molar-refractivity contribution is 0.146. The average Bonchev–Trinajstić information content (AvgIpc) is 2.72. The van der Waals surface area contributed by atoms with Crippen molar-refractivity contribution in [3.8, 4) is 11.5 Å². The van der Waals surface area contributed by atoms with E-state index in [1.165, 1.54) is 4.90 Å². The summed E-state index contributed by atoms with van der Waals surface area (Å²) in [5.74, 6) is 0.825. The molecule has 1 amide bonds. The molecule has 0 aliphatic carbocycles. The lowest BCUT2D eigenvalue weighted by Crippen LogP contribution is -2.31. The number of para-hydroxylation sites is 1. The van der Waals surface area contributed by atoms with E-state index in [1.54, 1.807) is 49.6 Å². The molecule has 0 bridgehead atoms. The van der Waals surface area contributed by atoms with Crippen LogP contribution in [0.5, 0.6) is 11.5 Å². The van der Waals surface area contributed by atoms with E-state index >= 15 is 0 Å². The topological polar surface area (TPSA) is 59.0 Å². The molecule has 0 saturated carbocycles. The fourth-order valence-electron chi connectivity index (χ4n) is 2.64. The molecule has 5 heteroatoms. The van der Waals surface area contributed by atoms with E-state index in [4.69, 9.17) is 9.47 Å². The molecule has 0 fully saturated rings. The van der Waals surface area contributed by atoms with Crippen molar-refractivity contribution in [3.05, 3.63) is 90.0 Å². The van der Waals surface area contributed by atoms with Gasteiger partial charge in [-0.25, -0.2) is 4.79 Å². The van der Waals surface area contributed by atoms with Gasteiger partial charge in [0.1, 0.15) is 18.1 Å².